The molecule has 1 aromatic rings. The second kappa shape index (κ2) is 10.3. The van der Waals surface area contributed by atoms with Crippen LogP contribution in [0.3, 0.4) is 0 Å². The summed E-state index contributed by atoms with van der Waals surface area (Å²) in [4.78, 5) is 15.5. The zero-order valence-corrected chi connectivity index (χ0v) is 18.6. The van der Waals surface area contributed by atoms with Gasteiger partial charge in [-0.05, 0) is 43.4 Å². The second-order valence-electron chi connectivity index (χ2n) is 8.92. The lowest BCUT2D eigenvalue weighted by Crippen LogP contribution is -3.28. The molecule has 0 bridgehead atoms. The van der Waals surface area contributed by atoms with Crippen molar-refractivity contribution >= 4 is 5.91 Å². The summed E-state index contributed by atoms with van der Waals surface area (Å²) in [5.74, 6) is 2.44. The van der Waals surface area contributed by atoms with Crippen molar-refractivity contribution in [1.82, 2.24) is 5.32 Å². The van der Waals surface area contributed by atoms with E-state index in [4.69, 9.17) is 9.47 Å². The van der Waals surface area contributed by atoms with Gasteiger partial charge in [0.25, 0.3) is 5.91 Å². The number of hydrogen-bond donors (Lipinski definition) is 3. The fraction of sp³-hybridized carbons (Fsp3) is 0.696. The van der Waals surface area contributed by atoms with Crippen LogP contribution in [-0.4, -0.2) is 58.9 Å². The Bertz CT molecular complexity index is 686. The van der Waals surface area contributed by atoms with Crippen LogP contribution in [0.25, 0.3) is 0 Å². The Kier molecular flexibility index (Phi) is 7.78. The van der Waals surface area contributed by atoms with E-state index in [-0.39, 0.29) is 5.91 Å². The lowest BCUT2D eigenvalue weighted by atomic mass is 9.86. The molecule has 1 saturated carbocycles. The Morgan fingerprint density at radius 3 is 2.31 bits per heavy atom. The molecule has 6 nitrogen and oxygen atoms in total. The van der Waals surface area contributed by atoms with E-state index >= 15 is 0 Å². The highest BCUT2D eigenvalue weighted by atomic mass is 16.5. The van der Waals surface area contributed by atoms with Crippen LogP contribution >= 0.6 is 0 Å². The van der Waals surface area contributed by atoms with Gasteiger partial charge in [0, 0.05) is 11.6 Å². The van der Waals surface area contributed by atoms with Crippen LogP contribution in [-0.2, 0) is 11.3 Å². The molecule has 0 spiro atoms. The SMILES string of the molecule is COc1cc(C)c(C[NH+]2CC[NH+](CC(=O)N[C@@H]3CCCC[C@H]3C)CC2)cc1OC. The van der Waals surface area contributed by atoms with Gasteiger partial charge < -0.3 is 24.6 Å². The summed E-state index contributed by atoms with van der Waals surface area (Å²) in [5, 5.41) is 3.31. The number of nitrogens with one attached hydrogen (secondary N) is 3. The molecule has 1 aromatic carbocycles. The molecule has 1 aliphatic heterocycles. The van der Waals surface area contributed by atoms with Crippen LogP contribution in [0.5, 0.6) is 11.5 Å². The smallest absolute Gasteiger partial charge is 0.275 e. The van der Waals surface area contributed by atoms with Gasteiger partial charge in [0.1, 0.15) is 32.7 Å². The van der Waals surface area contributed by atoms with Gasteiger partial charge in [0.2, 0.25) is 0 Å². The number of carbonyl (C=O) groups excluding carboxylic acids is 1. The molecule has 2 fully saturated rings. The molecular formula is C23H39N3O3+2. The summed E-state index contributed by atoms with van der Waals surface area (Å²) in [6, 6.07) is 4.56. The fourth-order valence-electron chi connectivity index (χ4n) is 4.81. The van der Waals surface area contributed by atoms with Gasteiger partial charge >= 0.3 is 0 Å². The lowest BCUT2D eigenvalue weighted by molar-refractivity contribution is -1.02. The highest BCUT2D eigenvalue weighted by molar-refractivity contribution is 5.77. The third-order valence-corrected chi connectivity index (χ3v) is 6.82. The highest BCUT2D eigenvalue weighted by Crippen LogP contribution is 2.29. The van der Waals surface area contributed by atoms with Gasteiger partial charge in [-0.15, -0.1) is 0 Å². The van der Waals surface area contributed by atoms with Crippen LogP contribution in [0.4, 0.5) is 0 Å². The molecule has 2 atom stereocenters. The van der Waals surface area contributed by atoms with E-state index in [1.165, 1.54) is 35.3 Å². The summed E-state index contributed by atoms with van der Waals surface area (Å²) >= 11 is 0. The number of piperazine rings is 1. The van der Waals surface area contributed by atoms with Crippen molar-refractivity contribution in [3.05, 3.63) is 23.3 Å². The predicted molar refractivity (Wildman–Crippen MR) is 114 cm³/mol. The fourth-order valence-corrected chi connectivity index (χ4v) is 4.81. The minimum atomic E-state index is 0.234. The molecule has 0 aromatic heterocycles. The van der Waals surface area contributed by atoms with E-state index < -0.39 is 0 Å². The molecule has 0 unspecified atom stereocenters. The molecule has 3 rings (SSSR count). The number of aryl methyl sites for hydroxylation is 1. The Morgan fingerprint density at radius 1 is 1.03 bits per heavy atom. The van der Waals surface area contributed by atoms with Crippen molar-refractivity contribution in [3.8, 4) is 11.5 Å². The number of quaternary nitrogens is 2. The Balaban J connectivity index is 1.46. The average Bonchev–Trinajstić information content (AvgIpc) is 2.72. The molecule has 29 heavy (non-hydrogen) atoms. The molecule has 2 aliphatic rings. The summed E-state index contributed by atoms with van der Waals surface area (Å²) in [6.45, 7) is 10.3. The van der Waals surface area contributed by atoms with Gasteiger partial charge in [-0.2, -0.15) is 0 Å². The molecule has 0 radical (unpaired) electrons. The number of rotatable bonds is 7. The normalized spacial score (nSPS) is 27.3. The molecule has 162 valence electrons. The van der Waals surface area contributed by atoms with Gasteiger partial charge in [0.15, 0.2) is 18.0 Å². The van der Waals surface area contributed by atoms with E-state index in [1.807, 2.05) is 0 Å². The molecule has 1 aliphatic carbocycles. The second-order valence-corrected chi connectivity index (χ2v) is 8.92. The van der Waals surface area contributed by atoms with Crippen LogP contribution in [0, 0.1) is 12.8 Å². The maximum Gasteiger partial charge on any atom is 0.275 e. The van der Waals surface area contributed by atoms with Crippen molar-refractivity contribution in [2.24, 2.45) is 5.92 Å². The Labute approximate surface area is 175 Å². The van der Waals surface area contributed by atoms with Gasteiger partial charge in [0.05, 0.1) is 14.2 Å². The zero-order valence-electron chi connectivity index (χ0n) is 18.6. The molecule has 3 N–H and O–H groups in total. The lowest BCUT2D eigenvalue weighted by Gasteiger charge is -2.32. The van der Waals surface area contributed by atoms with Gasteiger partial charge in [-0.3, -0.25) is 4.79 Å². The van der Waals surface area contributed by atoms with Crippen LogP contribution in [0.15, 0.2) is 12.1 Å². The van der Waals surface area contributed by atoms with Crippen LogP contribution in [0.2, 0.25) is 0 Å². The summed E-state index contributed by atoms with van der Waals surface area (Å²) in [7, 11) is 3.36. The topological polar surface area (TPSA) is 56.4 Å². The Morgan fingerprint density at radius 2 is 1.66 bits per heavy atom. The van der Waals surface area contributed by atoms with Crippen molar-refractivity contribution < 1.29 is 24.1 Å². The highest BCUT2D eigenvalue weighted by Gasteiger charge is 2.28. The first kappa shape index (κ1) is 21.9. The van der Waals surface area contributed by atoms with Crippen molar-refractivity contribution in [2.45, 2.75) is 52.1 Å². The third-order valence-electron chi connectivity index (χ3n) is 6.82. The number of hydrogen-bond acceptors (Lipinski definition) is 3. The molecule has 1 amide bonds. The molecule has 1 saturated heterocycles. The number of methoxy groups -OCH3 is 2. The minimum absolute atomic E-state index is 0.234. The average molecular weight is 406 g/mol. The first-order valence-corrected chi connectivity index (χ1v) is 11.2. The maximum atomic E-state index is 12.5. The summed E-state index contributed by atoms with van der Waals surface area (Å²) < 4.78 is 10.9. The van der Waals surface area contributed by atoms with Crippen molar-refractivity contribution in [2.75, 3.05) is 46.9 Å². The van der Waals surface area contributed by atoms with Gasteiger partial charge in [-0.1, -0.05) is 19.8 Å². The summed E-state index contributed by atoms with van der Waals surface area (Å²) in [6.07, 6.45) is 4.95. The number of carbonyl (C=O) groups is 1. The number of amides is 1. The molecule has 6 heteroatoms. The molecule has 1 heterocycles. The quantitative estimate of drug-likeness (QED) is 0.598. The summed E-state index contributed by atoms with van der Waals surface area (Å²) in [5.41, 5.74) is 2.55. The van der Waals surface area contributed by atoms with E-state index in [1.54, 1.807) is 19.1 Å². The van der Waals surface area contributed by atoms with E-state index in [0.29, 0.717) is 18.5 Å². The first-order valence-electron chi connectivity index (χ1n) is 11.2. The first-order chi connectivity index (χ1) is 14.0. The number of ether oxygens (including phenoxy) is 2. The zero-order chi connectivity index (χ0) is 20.8. The third kappa shape index (κ3) is 5.86. The number of benzene rings is 1. The monoisotopic (exact) mass is 405 g/mol. The predicted octanol–water partition coefficient (Wildman–Crippen LogP) is -0.00948. The largest absolute Gasteiger partial charge is 0.493 e. The van der Waals surface area contributed by atoms with Crippen LogP contribution < -0.4 is 24.6 Å². The minimum Gasteiger partial charge on any atom is -0.493 e. The van der Waals surface area contributed by atoms with Crippen LogP contribution in [0.1, 0.15) is 43.7 Å². The maximum absolute atomic E-state index is 12.5. The van der Waals surface area contributed by atoms with Gasteiger partial charge in [-0.25, -0.2) is 0 Å². The standard InChI is InChI=1S/C23H37N3O3/c1-17-7-5-6-8-20(17)24-23(27)16-26-11-9-25(10-12-26)15-19-14-22(29-4)21(28-3)13-18(19)2/h13-14,17,20H,5-12,15-16H2,1-4H3,(H,24,27)/p+2/t17-,20-/m1/s1. The van der Waals surface area contributed by atoms with Crippen molar-refractivity contribution in [1.29, 1.82) is 0 Å². The Hall–Kier alpha value is -1.79. The van der Waals surface area contributed by atoms with Crippen molar-refractivity contribution in [3.63, 3.8) is 0 Å². The van der Waals surface area contributed by atoms with E-state index in [2.05, 4.69) is 31.3 Å². The van der Waals surface area contributed by atoms with E-state index in [9.17, 15) is 4.79 Å². The van der Waals surface area contributed by atoms with E-state index in [0.717, 1.165) is 50.6 Å². The molecular weight excluding hydrogens is 366 g/mol.